The van der Waals surface area contributed by atoms with E-state index < -0.39 is 0 Å². The van der Waals surface area contributed by atoms with E-state index in [0.29, 0.717) is 24.9 Å². The Morgan fingerprint density at radius 2 is 1.48 bits per heavy atom. The lowest BCUT2D eigenvalue weighted by atomic mass is 9.83. The number of nitrogens with one attached hydrogen (secondary N) is 1. The summed E-state index contributed by atoms with van der Waals surface area (Å²) in [5.74, 6) is 0.635. The third-order valence-electron chi connectivity index (χ3n) is 5.58. The maximum Gasteiger partial charge on any atom is 0.245 e. The average molecular weight is 292 g/mol. The lowest BCUT2D eigenvalue weighted by Gasteiger charge is -2.37. The van der Waals surface area contributed by atoms with Gasteiger partial charge in [-0.15, -0.1) is 0 Å². The Bertz CT molecular complexity index is 384. The zero-order valence-corrected chi connectivity index (χ0v) is 13.0. The van der Waals surface area contributed by atoms with Crippen LogP contribution >= 0.6 is 0 Å². The van der Waals surface area contributed by atoms with Crippen LogP contribution in [0.15, 0.2) is 0 Å². The van der Waals surface area contributed by atoms with E-state index in [9.17, 15) is 9.59 Å². The molecule has 4 heteroatoms. The molecule has 1 atom stereocenters. The predicted molar refractivity (Wildman–Crippen MR) is 81.7 cm³/mol. The molecule has 3 fully saturated rings. The zero-order valence-electron chi connectivity index (χ0n) is 13.0. The summed E-state index contributed by atoms with van der Waals surface area (Å²) in [6, 6.07) is 0.132. The number of carbonyl (C=O) groups is 2. The summed E-state index contributed by atoms with van der Waals surface area (Å²) >= 11 is 0. The Hall–Kier alpha value is -1.06. The first-order valence-corrected chi connectivity index (χ1v) is 8.85. The molecule has 1 saturated heterocycles. The molecular formula is C17H28N2O2. The molecule has 0 radical (unpaired) electrons. The summed E-state index contributed by atoms with van der Waals surface area (Å²) < 4.78 is 0. The molecule has 4 nitrogen and oxygen atoms in total. The van der Waals surface area contributed by atoms with Gasteiger partial charge in [-0.3, -0.25) is 9.59 Å². The van der Waals surface area contributed by atoms with Crippen LogP contribution in [0.1, 0.15) is 70.6 Å². The van der Waals surface area contributed by atoms with Crippen molar-refractivity contribution in [2.24, 2.45) is 5.92 Å². The fourth-order valence-electron chi connectivity index (χ4n) is 4.36. The second-order valence-corrected chi connectivity index (χ2v) is 7.02. The first-order chi connectivity index (χ1) is 10.3. The number of rotatable bonds is 2. The Kier molecular flexibility index (Phi) is 4.81. The van der Waals surface area contributed by atoms with Gasteiger partial charge in [0.15, 0.2) is 0 Å². The van der Waals surface area contributed by atoms with E-state index in [2.05, 4.69) is 10.2 Å². The summed E-state index contributed by atoms with van der Waals surface area (Å²) in [5, 5.41) is 3.04. The summed E-state index contributed by atoms with van der Waals surface area (Å²) in [4.78, 5) is 27.1. The topological polar surface area (TPSA) is 49.4 Å². The molecule has 2 saturated carbocycles. The molecule has 0 spiro atoms. The Labute approximate surface area is 127 Å². The van der Waals surface area contributed by atoms with Gasteiger partial charge in [0, 0.05) is 19.0 Å². The van der Waals surface area contributed by atoms with Gasteiger partial charge in [0.05, 0.1) is 0 Å². The van der Waals surface area contributed by atoms with Gasteiger partial charge in [-0.1, -0.05) is 38.5 Å². The van der Waals surface area contributed by atoms with E-state index in [4.69, 9.17) is 0 Å². The minimum absolute atomic E-state index is 0.0669. The standard InChI is InChI=1S/C17H28N2O2/c20-15-11-12-19(14-9-5-2-6-10-14)17(21)16(18-15)13-7-3-1-4-8-13/h13-14,16H,1-12H2,(H,18,20). The highest BCUT2D eigenvalue weighted by molar-refractivity contribution is 5.90. The molecule has 0 aromatic carbocycles. The molecular weight excluding hydrogens is 264 g/mol. The van der Waals surface area contributed by atoms with Crippen LogP contribution in [0.3, 0.4) is 0 Å². The van der Waals surface area contributed by atoms with Crippen LogP contribution in [-0.2, 0) is 9.59 Å². The molecule has 118 valence electrons. The van der Waals surface area contributed by atoms with Crippen LogP contribution in [-0.4, -0.2) is 35.3 Å². The van der Waals surface area contributed by atoms with E-state index in [1.165, 1.54) is 38.5 Å². The van der Waals surface area contributed by atoms with Gasteiger partial charge < -0.3 is 10.2 Å². The zero-order chi connectivity index (χ0) is 14.7. The number of carbonyl (C=O) groups excluding carboxylic acids is 2. The smallest absolute Gasteiger partial charge is 0.245 e. The van der Waals surface area contributed by atoms with Gasteiger partial charge in [-0.2, -0.15) is 0 Å². The number of hydrogen-bond acceptors (Lipinski definition) is 2. The van der Waals surface area contributed by atoms with E-state index in [-0.39, 0.29) is 17.9 Å². The summed E-state index contributed by atoms with van der Waals surface area (Å²) in [6.07, 6.45) is 12.3. The van der Waals surface area contributed by atoms with Crippen molar-refractivity contribution in [1.82, 2.24) is 10.2 Å². The van der Waals surface area contributed by atoms with Gasteiger partial charge >= 0.3 is 0 Å². The highest BCUT2D eigenvalue weighted by Gasteiger charge is 2.38. The van der Waals surface area contributed by atoms with Gasteiger partial charge in [0.2, 0.25) is 11.8 Å². The molecule has 2 aliphatic carbocycles. The lowest BCUT2D eigenvalue weighted by Crippen LogP contribution is -2.52. The van der Waals surface area contributed by atoms with E-state index in [1.54, 1.807) is 0 Å². The maximum atomic E-state index is 13.0. The number of nitrogens with zero attached hydrogens (tertiary/aromatic N) is 1. The van der Waals surface area contributed by atoms with Crippen molar-refractivity contribution in [3.8, 4) is 0 Å². The van der Waals surface area contributed by atoms with Crippen LogP contribution in [0.2, 0.25) is 0 Å². The first-order valence-electron chi connectivity index (χ1n) is 8.85. The molecule has 0 bridgehead atoms. The van der Waals surface area contributed by atoms with Crippen LogP contribution in [0.25, 0.3) is 0 Å². The largest absolute Gasteiger partial charge is 0.344 e. The molecule has 0 aromatic heterocycles. The average Bonchev–Trinajstić information content (AvgIpc) is 2.68. The van der Waals surface area contributed by atoms with E-state index in [1.807, 2.05) is 0 Å². The normalized spacial score (nSPS) is 30.1. The molecule has 1 N–H and O–H groups in total. The van der Waals surface area contributed by atoms with Gasteiger partial charge in [0.1, 0.15) is 6.04 Å². The van der Waals surface area contributed by atoms with E-state index in [0.717, 1.165) is 25.7 Å². The van der Waals surface area contributed by atoms with Crippen LogP contribution in [0.4, 0.5) is 0 Å². The van der Waals surface area contributed by atoms with Gasteiger partial charge in [0.25, 0.3) is 0 Å². The van der Waals surface area contributed by atoms with Crippen molar-refractivity contribution >= 4 is 11.8 Å². The second-order valence-electron chi connectivity index (χ2n) is 7.02. The SMILES string of the molecule is O=C1CCN(C2CCCCC2)C(=O)C(C2CCCCC2)N1. The Morgan fingerprint density at radius 1 is 0.857 bits per heavy atom. The summed E-state index contributed by atoms with van der Waals surface area (Å²) in [5.41, 5.74) is 0. The van der Waals surface area contributed by atoms with Crippen molar-refractivity contribution in [2.45, 2.75) is 82.7 Å². The molecule has 0 aromatic rings. The molecule has 1 aliphatic heterocycles. The molecule has 1 heterocycles. The van der Waals surface area contributed by atoms with E-state index >= 15 is 0 Å². The third kappa shape index (κ3) is 3.41. The van der Waals surface area contributed by atoms with Crippen LogP contribution < -0.4 is 5.32 Å². The van der Waals surface area contributed by atoms with Crippen molar-refractivity contribution in [3.05, 3.63) is 0 Å². The molecule has 3 aliphatic rings. The molecule has 2 amide bonds. The quantitative estimate of drug-likeness (QED) is 0.850. The van der Waals surface area contributed by atoms with Crippen LogP contribution in [0.5, 0.6) is 0 Å². The minimum atomic E-state index is -0.248. The molecule has 1 unspecified atom stereocenters. The lowest BCUT2D eigenvalue weighted by molar-refractivity contribution is -0.138. The highest BCUT2D eigenvalue weighted by Crippen LogP contribution is 2.30. The van der Waals surface area contributed by atoms with Crippen molar-refractivity contribution in [3.63, 3.8) is 0 Å². The minimum Gasteiger partial charge on any atom is -0.344 e. The molecule has 3 rings (SSSR count). The van der Waals surface area contributed by atoms with Crippen molar-refractivity contribution in [1.29, 1.82) is 0 Å². The van der Waals surface area contributed by atoms with Crippen LogP contribution in [0, 0.1) is 5.92 Å². The second kappa shape index (κ2) is 6.80. The summed E-state index contributed by atoms with van der Waals surface area (Å²) in [6.45, 7) is 0.624. The Morgan fingerprint density at radius 3 is 2.14 bits per heavy atom. The first kappa shape index (κ1) is 14.9. The van der Waals surface area contributed by atoms with Gasteiger partial charge in [-0.05, 0) is 31.6 Å². The number of hydrogen-bond donors (Lipinski definition) is 1. The fourth-order valence-corrected chi connectivity index (χ4v) is 4.36. The van der Waals surface area contributed by atoms with Crippen molar-refractivity contribution in [2.75, 3.05) is 6.54 Å². The predicted octanol–water partition coefficient (Wildman–Crippen LogP) is 2.62. The number of amides is 2. The monoisotopic (exact) mass is 292 g/mol. The molecule has 21 heavy (non-hydrogen) atoms. The fraction of sp³-hybridized carbons (Fsp3) is 0.882. The Balaban J connectivity index is 1.74. The highest BCUT2D eigenvalue weighted by atomic mass is 16.2. The third-order valence-corrected chi connectivity index (χ3v) is 5.58. The van der Waals surface area contributed by atoms with Crippen molar-refractivity contribution < 1.29 is 9.59 Å². The van der Waals surface area contributed by atoms with Gasteiger partial charge in [-0.25, -0.2) is 0 Å². The maximum absolute atomic E-state index is 13.0. The summed E-state index contributed by atoms with van der Waals surface area (Å²) in [7, 11) is 0.